The summed E-state index contributed by atoms with van der Waals surface area (Å²) in [6, 6.07) is 29.7. The van der Waals surface area contributed by atoms with Crippen LogP contribution in [-0.4, -0.2) is 0 Å². The van der Waals surface area contributed by atoms with Crippen LogP contribution in [0.25, 0.3) is 32.3 Å². The first-order valence-electron chi connectivity index (χ1n) is 7.70. The third-order valence-corrected chi connectivity index (χ3v) is 4.08. The molecule has 0 N–H and O–H groups in total. The quantitative estimate of drug-likeness (QED) is 0.300. The molecule has 0 unspecified atom stereocenters. The minimum absolute atomic E-state index is 1.31. The summed E-state index contributed by atoms with van der Waals surface area (Å²) in [6.07, 6.45) is 3.25. The van der Waals surface area contributed by atoms with E-state index in [4.69, 9.17) is 0 Å². The van der Waals surface area contributed by atoms with Crippen molar-refractivity contribution >= 4 is 32.3 Å². The monoisotopic (exact) mass is 296 g/mol. The lowest BCUT2D eigenvalue weighted by molar-refractivity contribution is 0.567. The highest BCUT2D eigenvalue weighted by Gasteiger charge is 2.03. The van der Waals surface area contributed by atoms with E-state index in [0.29, 0.717) is 0 Å². The van der Waals surface area contributed by atoms with Gasteiger partial charge in [-0.05, 0) is 44.5 Å². The van der Waals surface area contributed by atoms with E-state index in [1.54, 1.807) is 12.5 Å². The Bertz CT molecular complexity index is 967. The number of rotatable bonds is 0. The van der Waals surface area contributed by atoms with Gasteiger partial charge in [-0.1, -0.05) is 72.8 Å². The van der Waals surface area contributed by atoms with Crippen molar-refractivity contribution in [3.63, 3.8) is 0 Å². The highest BCUT2D eigenvalue weighted by Crippen LogP contribution is 2.30. The molecule has 0 amide bonds. The second kappa shape index (κ2) is 5.98. The van der Waals surface area contributed by atoms with Gasteiger partial charge in [0.15, 0.2) is 0 Å². The summed E-state index contributed by atoms with van der Waals surface area (Å²) in [5, 5.41) is 7.96. The molecule has 0 saturated carbocycles. The predicted molar refractivity (Wildman–Crippen MR) is 97.7 cm³/mol. The molecular formula is C22H16O. The summed E-state index contributed by atoms with van der Waals surface area (Å²) < 4.78 is 4.58. The summed E-state index contributed by atoms with van der Waals surface area (Å²) in [5.41, 5.74) is 0. The molecule has 0 aliphatic carbocycles. The minimum atomic E-state index is 1.31. The number of hydrogen-bond acceptors (Lipinski definition) is 1. The average molecular weight is 296 g/mol. The first-order chi connectivity index (χ1) is 11.4. The number of fused-ring (bicyclic) bond motifs is 5. The van der Waals surface area contributed by atoms with E-state index in [2.05, 4.69) is 77.2 Å². The van der Waals surface area contributed by atoms with Gasteiger partial charge < -0.3 is 4.42 Å². The summed E-state index contributed by atoms with van der Waals surface area (Å²) in [6.45, 7) is 0. The fourth-order valence-electron chi connectivity index (χ4n) is 3.00. The summed E-state index contributed by atoms with van der Waals surface area (Å²) in [5.74, 6) is 0. The molecule has 1 heteroatoms. The molecular weight excluding hydrogens is 280 g/mol. The average Bonchev–Trinajstić information content (AvgIpc) is 3.21. The smallest absolute Gasteiger partial charge is 0.0902 e. The molecule has 0 bridgehead atoms. The second-order valence-corrected chi connectivity index (χ2v) is 5.46. The van der Waals surface area contributed by atoms with Crippen molar-refractivity contribution in [2.45, 2.75) is 0 Å². The van der Waals surface area contributed by atoms with Crippen molar-refractivity contribution in [2.24, 2.45) is 0 Å². The highest BCUT2D eigenvalue weighted by atomic mass is 16.3. The summed E-state index contributed by atoms with van der Waals surface area (Å²) in [7, 11) is 0. The van der Waals surface area contributed by atoms with Crippen LogP contribution in [0.3, 0.4) is 0 Å². The van der Waals surface area contributed by atoms with Gasteiger partial charge in [0.1, 0.15) is 0 Å². The first kappa shape index (κ1) is 13.6. The molecule has 23 heavy (non-hydrogen) atoms. The van der Waals surface area contributed by atoms with Crippen LogP contribution in [0.4, 0.5) is 0 Å². The molecule has 0 fully saturated rings. The largest absolute Gasteiger partial charge is 0.473 e. The lowest BCUT2D eigenvalue weighted by Gasteiger charge is -2.07. The van der Waals surface area contributed by atoms with Crippen LogP contribution >= 0.6 is 0 Å². The fraction of sp³-hybridized carbons (Fsp3) is 0. The van der Waals surface area contributed by atoms with Gasteiger partial charge in [0.05, 0.1) is 12.5 Å². The molecule has 5 rings (SSSR count). The summed E-state index contributed by atoms with van der Waals surface area (Å²) in [4.78, 5) is 0. The van der Waals surface area contributed by atoms with Gasteiger partial charge in [0.25, 0.3) is 0 Å². The van der Waals surface area contributed by atoms with E-state index in [1.807, 2.05) is 12.1 Å². The summed E-state index contributed by atoms with van der Waals surface area (Å²) >= 11 is 0. The van der Waals surface area contributed by atoms with E-state index in [9.17, 15) is 0 Å². The molecule has 110 valence electrons. The highest BCUT2D eigenvalue weighted by molar-refractivity contribution is 6.17. The Hall–Kier alpha value is -3.06. The number of benzene rings is 4. The zero-order valence-electron chi connectivity index (χ0n) is 12.6. The SMILES string of the molecule is c1ccc2c(c1)ccc1c3ccccc3ccc21.c1ccoc1. The van der Waals surface area contributed by atoms with Crippen LogP contribution in [0.2, 0.25) is 0 Å². The Morgan fingerprint density at radius 1 is 0.391 bits per heavy atom. The van der Waals surface area contributed by atoms with Gasteiger partial charge in [0, 0.05) is 0 Å². The minimum Gasteiger partial charge on any atom is -0.473 e. The van der Waals surface area contributed by atoms with Crippen molar-refractivity contribution in [1.29, 1.82) is 0 Å². The number of furan rings is 1. The van der Waals surface area contributed by atoms with E-state index >= 15 is 0 Å². The van der Waals surface area contributed by atoms with Gasteiger partial charge in [-0.25, -0.2) is 0 Å². The van der Waals surface area contributed by atoms with Crippen LogP contribution < -0.4 is 0 Å². The maximum atomic E-state index is 4.58. The van der Waals surface area contributed by atoms with E-state index < -0.39 is 0 Å². The fourth-order valence-corrected chi connectivity index (χ4v) is 3.00. The molecule has 5 aromatic rings. The van der Waals surface area contributed by atoms with Crippen LogP contribution in [0.1, 0.15) is 0 Å². The van der Waals surface area contributed by atoms with Gasteiger partial charge in [-0.15, -0.1) is 0 Å². The van der Waals surface area contributed by atoms with E-state index in [-0.39, 0.29) is 0 Å². The molecule has 0 atom stereocenters. The molecule has 0 saturated heterocycles. The van der Waals surface area contributed by atoms with Gasteiger partial charge in [-0.2, -0.15) is 0 Å². The second-order valence-electron chi connectivity index (χ2n) is 5.46. The van der Waals surface area contributed by atoms with Gasteiger partial charge >= 0.3 is 0 Å². The number of hydrogen-bond donors (Lipinski definition) is 0. The standard InChI is InChI=1S/C18H12.C4H4O/c1-3-7-15-13(5-1)9-11-18-16-8-4-2-6-14(16)10-12-17(15)18;1-2-4-5-3-1/h1-12H;1-4H. The molecule has 1 aromatic heterocycles. The molecule has 0 radical (unpaired) electrons. The molecule has 1 nitrogen and oxygen atoms in total. The van der Waals surface area contributed by atoms with Crippen LogP contribution in [0, 0.1) is 0 Å². The zero-order chi connectivity index (χ0) is 15.5. The van der Waals surface area contributed by atoms with Crippen molar-refractivity contribution in [3.05, 3.63) is 97.5 Å². The van der Waals surface area contributed by atoms with Crippen LogP contribution in [0.15, 0.2) is 102 Å². The van der Waals surface area contributed by atoms with E-state index in [1.165, 1.54) is 32.3 Å². The third-order valence-electron chi connectivity index (χ3n) is 4.08. The maximum Gasteiger partial charge on any atom is 0.0902 e. The Morgan fingerprint density at radius 2 is 0.870 bits per heavy atom. The normalized spacial score (nSPS) is 10.6. The van der Waals surface area contributed by atoms with Crippen molar-refractivity contribution in [3.8, 4) is 0 Å². The van der Waals surface area contributed by atoms with Gasteiger partial charge in [-0.3, -0.25) is 0 Å². The van der Waals surface area contributed by atoms with Crippen molar-refractivity contribution in [1.82, 2.24) is 0 Å². The predicted octanol–water partition coefficient (Wildman–Crippen LogP) is 6.43. The van der Waals surface area contributed by atoms with Crippen LogP contribution in [-0.2, 0) is 0 Å². The third kappa shape index (κ3) is 2.58. The van der Waals surface area contributed by atoms with Gasteiger partial charge in [0.2, 0.25) is 0 Å². The van der Waals surface area contributed by atoms with Crippen LogP contribution in [0.5, 0.6) is 0 Å². The maximum absolute atomic E-state index is 4.58. The van der Waals surface area contributed by atoms with Crippen molar-refractivity contribution < 1.29 is 4.42 Å². The Morgan fingerprint density at radius 3 is 1.30 bits per heavy atom. The molecule has 0 aliphatic rings. The first-order valence-corrected chi connectivity index (χ1v) is 7.70. The lowest BCUT2D eigenvalue weighted by Crippen LogP contribution is -1.79. The Balaban J connectivity index is 0.000000233. The molecule has 4 aromatic carbocycles. The Labute approximate surface area is 134 Å². The molecule has 0 aliphatic heterocycles. The molecule has 1 heterocycles. The van der Waals surface area contributed by atoms with E-state index in [0.717, 1.165) is 0 Å². The zero-order valence-corrected chi connectivity index (χ0v) is 12.6. The molecule has 0 spiro atoms. The van der Waals surface area contributed by atoms with Crippen molar-refractivity contribution in [2.75, 3.05) is 0 Å². The lowest BCUT2D eigenvalue weighted by atomic mass is 9.97. The topological polar surface area (TPSA) is 13.1 Å². The Kier molecular flexibility index (Phi) is 3.53.